The minimum Gasteiger partial charge on any atom is -0.349 e. The first-order chi connectivity index (χ1) is 15.0. The highest BCUT2D eigenvalue weighted by atomic mass is 35.5. The Morgan fingerprint density at radius 1 is 1.00 bits per heavy atom. The molecule has 0 radical (unpaired) electrons. The van der Waals surface area contributed by atoms with E-state index in [0.717, 1.165) is 16.5 Å². The second-order valence-electron chi connectivity index (χ2n) is 6.92. The van der Waals surface area contributed by atoms with Gasteiger partial charge in [0.25, 0.3) is 5.56 Å². The molecular weight excluding hydrogens is 456 g/mol. The summed E-state index contributed by atoms with van der Waals surface area (Å²) in [7, 11) is 0. The molecule has 1 N–H and O–H groups in total. The maximum atomic E-state index is 14.7. The molecule has 0 aliphatic heterocycles. The van der Waals surface area contributed by atoms with Gasteiger partial charge in [-0.25, -0.2) is 9.37 Å². The number of aromatic nitrogens is 3. The molecule has 4 nitrogen and oxygen atoms in total. The lowest BCUT2D eigenvalue weighted by atomic mass is 10.2. The van der Waals surface area contributed by atoms with Gasteiger partial charge in [-0.3, -0.25) is 9.36 Å². The fourth-order valence-electron chi connectivity index (χ4n) is 3.46. The summed E-state index contributed by atoms with van der Waals surface area (Å²) in [6.45, 7) is 0. The van der Waals surface area contributed by atoms with Gasteiger partial charge in [-0.2, -0.15) is 0 Å². The van der Waals surface area contributed by atoms with Crippen molar-refractivity contribution < 1.29 is 4.39 Å². The Bertz CT molecular complexity index is 1510. The van der Waals surface area contributed by atoms with Crippen molar-refractivity contribution in [2.75, 3.05) is 0 Å². The predicted molar refractivity (Wildman–Crippen MR) is 125 cm³/mol. The Morgan fingerprint density at radius 3 is 2.58 bits per heavy atom. The number of nitrogens with one attached hydrogen (secondary N) is 1. The van der Waals surface area contributed by atoms with Gasteiger partial charge >= 0.3 is 0 Å². The van der Waals surface area contributed by atoms with Gasteiger partial charge in [0.15, 0.2) is 5.16 Å². The number of rotatable bonds is 4. The number of thioether (sulfide) groups is 1. The maximum Gasteiger partial charge on any atom is 0.283 e. The standard InChI is InChI=1S/C23H14Cl2FN3OS/c24-15-10-9-13(11-16(15)25)12-31-23-28-20-14-5-1-3-7-18(14)27-21(20)22(30)29(23)19-8-4-2-6-17(19)26/h1-11,27H,12H2. The summed E-state index contributed by atoms with van der Waals surface area (Å²) in [5, 5.41) is 2.15. The van der Waals surface area contributed by atoms with E-state index >= 15 is 0 Å². The fourth-order valence-corrected chi connectivity index (χ4v) is 4.72. The van der Waals surface area contributed by atoms with Crippen LogP contribution in [-0.4, -0.2) is 14.5 Å². The summed E-state index contributed by atoms with van der Waals surface area (Å²) in [6, 6.07) is 19.1. The lowest BCUT2D eigenvalue weighted by Crippen LogP contribution is -2.22. The molecule has 0 fully saturated rings. The van der Waals surface area contributed by atoms with Crippen LogP contribution in [0, 0.1) is 5.82 Å². The largest absolute Gasteiger partial charge is 0.349 e. The third-order valence-electron chi connectivity index (χ3n) is 4.94. The molecule has 8 heteroatoms. The summed E-state index contributed by atoms with van der Waals surface area (Å²) < 4.78 is 16.0. The Hall–Kier alpha value is -2.80. The highest BCUT2D eigenvalue weighted by Gasteiger charge is 2.19. The van der Waals surface area contributed by atoms with Crippen LogP contribution in [0.1, 0.15) is 5.56 Å². The van der Waals surface area contributed by atoms with Crippen molar-refractivity contribution in [3.8, 4) is 5.69 Å². The summed E-state index contributed by atoms with van der Waals surface area (Å²) in [4.78, 5) is 21.4. The molecule has 0 unspecified atom stereocenters. The van der Waals surface area contributed by atoms with E-state index in [1.54, 1.807) is 30.3 Å². The Morgan fingerprint density at radius 2 is 1.77 bits per heavy atom. The Kier molecular flexibility index (Phi) is 5.22. The molecule has 0 aliphatic rings. The first kappa shape index (κ1) is 20.1. The van der Waals surface area contributed by atoms with Crippen molar-refractivity contribution in [1.29, 1.82) is 0 Å². The quantitative estimate of drug-likeness (QED) is 0.238. The van der Waals surface area contributed by atoms with Crippen LogP contribution in [0.3, 0.4) is 0 Å². The number of nitrogens with zero attached hydrogens (tertiary/aromatic N) is 2. The molecule has 0 saturated heterocycles. The van der Waals surface area contributed by atoms with Gasteiger partial charge in [0.05, 0.1) is 15.7 Å². The van der Waals surface area contributed by atoms with Crippen molar-refractivity contribution in [2.45, 2.75) is 10.9 Å². The Balaban J connectivity index is 1.71. The lowest BCUT2D eigenvalue weighted by Gasteiger charge is -2.13. The molecule has 0 saturated carbocycles. The summed E-state index contributed by atoms with van der Waals surface area (Å²) >= 11 is 13.5. The molecule has 2 aromatic heterocycles. The van der Waals surface area contributed by atoms with Crippen molar-refractivity contribution in [2.24, 2.45) is 0 Å². The summed E-state index contributed by atoms with van der Waals surface area (Å²) in [5.41, 5.74) is 2.40. The molecule has 0 spiro atoms. The van der Waals surface area contributed by atoms with Crippen LogP contribution in [0.25, 0.3) is 27.6 Å². The fraction of sp³-hybridized carbons (Fsp3) is 0.0435. The smallest absolute Gasteiger partial charge is 0.283 e. The van der Waals surface area contributed by atoms with Crippen LogP contribution in [0.2, 0.25) is 10.0 Å². The lowest BCUT2D eigenvalue weighted by molar-refractivity contribution is 0.608. The first-order valence-corrected chi connectivity index (χ1v) is 11.1. The molecule has 0 atom stereocenters. The number of H-pyrrole nitrogens is 1. The molecule has 0 bridgehead atoms. The molecular formula is C23H14Cl2FN3OS. The highest BCUT2D eigenvalue weighted by molar-refractivity contribution is 7.98. The number of para-hydroxylation sites is 2. The molecule has 0 aliphatic carbocycles. The summed E-state index contributed by atoms with van der Waals surface area (Å²) in [6.07, 6.45) is 0. The third kappa shape index (κ3) is 3.61. The number of benzene rings is 3. The molecule has 31 heavy (non-hydrogen) atoms. The van der Waals surface area contributed by atoms with Gasteiger partial charge in [0.1, 0.15) is 16.9 Å². The monoisotopic (exact) mass is 469 g/mol. The molecule has 5 rings (SSSR count). The van der Waals surface area contributed by atoms with Crippen molar-refractivity contribution in [3.05, 3.63) is 98.5 Å². The second-order valence-corrected chi connectivity index (χ2v) is 8.67. The average molecular weight is 470 g/mol. The minimum atomic E-state index is -0.502. The van der Waals surface area contributed by atoms with Gasteiger partial charge in [-0.05, 0) is 35.9 Å². The van der Waals surface area contributed by atoms with E-state index < -0.39 is 5.82 Å². The maximum absolute atomic E-state index is 14.7. The average Bonchev–Trinajstić information content (AvgIpc) is 3.15. The van der Waals surface area contributed by atoms with E-state index in [4.69, 9.17) is 28.2 Å². The number of aromatic amines is 1. The van der Waals surface area contributed by atoms with Crippen LogP contribution >= 0.6 is 35.0 Å². The van der Waals surface area contributed by atoms with E-state index in [-0.39, 0.29) is 11.2 Å². The number of fused-ring (bicyclic) bond motifs is 3. The van der Waals surface area contributed by atoms with Gasteiger partial charge < -0.3 is 4.98 Å². The topological polar surface area (TPSA) is 50.7 Å². The zero-order valence-electron chi connectivity index (χ0n) is 15.9. The normalized spacial score (nSPS) is 11.5. The van der Waals surface area contributed by atoms with Gasteiger partial charge in [0, 0.05) is 16.7 Å². The highest BCUT2D eigenvalue weighted by Crippen LogP contribution is 2.30. The van der Waals surface area contributed by atoms with Crippen LogP contribution in [0.5, 0.6) is 0 Å². The van der Waals surface area contributed by atoms with E-state index in [9.17, 15) is 9.18 Å². The molecule has 0 amide bonds. The van der Waals surface area contributed by atoms with Crippen molar-refractivity contribution in [3.63, 3.8) is 0 Å². The molecule has 5 aromatic rings. The van der Waals surface area contributed by atoms with Gasteiger partial charge in [-0.15, -0.1) is 0 Å². The van der Waals surface area contributed by atoms with E-state index in [2.05, 4.69) is 4.98 Å². The van der Waals surface area contributed by atoms with Gasteiger partial charge in [-0.1, -0.05) is 71.4 Å². The molecule has 154 valence electrons. The third-order valence-corrected chi connectivity index (χ3v) is 6.69. The molecule has 2 heterocycles. The van der Waals surface area contributed by atoms with Crippen LogP contribution < -0.4 is 5.56 Å². The predicted octanol–water partition coefficient (Wildman–Crippen LogP) is 6.61. The van der Waals surface area contributed by atoms with Crippen molar-refractivity contribution in [1.82, 2.24) is 14.5 Å². The van der Waals surface area contributed by atoms with Crippen molar-refractivity contribution >= 4 is 56.9 Å². The van der Waals surface area contributed by atoms with E-state index in [0.29, 0.717) is 32.0 Å². The minimum absolute atomic E-state index is 0.150. The van der Waals surface area contributed by atoms with E-state index in [1.165, 1.54) is 22.4 Å². The SMILES string of the molecule is O=c1c2[nH]c3ccccc3c2nc(SCc2ccc(Cl)c(Cl)c2)n1-c1ccccc1F. The number of halogens is 3. The zero-order chi connectivity index (χ0) is 21.5. The van der Waals surface area contributed by atoms with Gasteiger partial charge in [0.2, 0.25) is 0 Å². The number of hydrogen-bond acceptors (Lipinski definition) is 3. The van der Waals surface area contributed by atoms with Crippen LogP contribution in [0.15, 0.2) is 76.7 Å². The van der Waals surface area contributed by atoms with E-state index in [1.807, 2.05) is 30.3 Å². The molecule has 3 aromatic carbocycles. The zero-order valence-corrected chi connectivity index (χ0v) is 18.2. The number of hydrogen-bond donors (Lipinski definition) is 1. The summed E-state index contributed by atoms with van der Waals surface area (Å²) in [5.74, 6) is -0.0238. The van der Waals surface area contributed by atoms with Crippen LogP contribution in [0.4, 0.5) is 4.39 Å². The van der Waals surface area contributed by atoms with Crippen LogP contribution in [-0.2, 0) is 5.75 Å². The second kappa shape index (κ2) is 8.04. The first-order valence-electron chi connectivity index (χ1n) is 9.38. The Labute approximate surface area is 190 Å².